The first-order chi connectivity index (χ1) is 7.25. The Kier molecular flexibility index (Phi) is 3.16. The smallest absolute Gasteiger partial charge is 0.253 e. The summed E-state index contributed by atoms with van der Waals surface area (Å²) in [5.41, 5.74) is 2.22. The Morgan fingerprint density at radius 1 is 1.40 bits per heavy atom. The molecule has 1 saturated heterocycles. The molecule has 2 N–H and O–H groups in total. The lowest BCUT2D eigenvalue weighted by Gasteiger charge is -2.23. The quantitative estimate of drug-likeness (QED) is 0.798. The van der Waals surface area contributed by atoms with Crippen LogP contribution in [0.25, 0.3) is 0 Å². The van der Waals surface area contributed by atoms with Crippen LogP contribution in [-0.4, -0.2) is 23.6 Å². The molecule has 15 heavy (non-hydrogen) atoms. The molecule has 1 amide bonds. The third-order valence-corrected chi connectivity index (χ3v) is 3.38. The molecule has 4 heteroatoms. The van der Waals surface area contributed by atoms with Gasteiger partial charge in [0.05, 0.1) is 0 Å². The van der Waals surface area contributed by atoms with Gasteiger partial charge in [0.2, 0.25) is 0 Å². The molecule has 1 atom stereocenters. The second-order valence-corrected chi connectivity index (χ2v) is 4.77. The molecule has 0 saturated carbocycles. The van der Waals surface area contributed by atoms with Crippen LogP contribution >= 0.6 is 11.8 Å². The fourth-order valence-corrected chi connectivity index (χ4v) is 2.34. The van der Waals surface area contributed by atoms with E-state index in [1.54, 1.807) is 11.8 Å². The second-order valence-electron chi connectivity index (χ2n) is 3.55. The van der Waals surface area contributed by atoms with Crippen LogP contribution in [0, 0.1) is 6.92 Å². The van der Waals surface area contributed by atoms with Crippen molar-refractivity contribution < 1.29 is 4.79 Å². The van der Waals surface area contributed by atoms with Crippen molar-refractivity contribution in [3.05, 3.63) is 29.8 Å². The molecule has 1 aliphatic heterocycles. The van der Waals surface area contributed by atoms with Crippen molar-refractivity contribution in [3.63, 3.8) is 0 Å². The second kappa shape index (κ2) is 4.57. The number of carbonyl (C=O) groups excluding carboxylic acids is 1. The standard InChI is InChI=1S/C11H14N2OS/c1-8-2-4-9(5-3-8)13-11-10(14)12-6-7-15-11/h2-5,11,13H,6-7H2,1H3,(H,12,14)/t11-/m1/s1. The molecule has 1 aromatic carbocycles. The average molecular weight is 222 g/mol. The average Bonchev–Trinajstić information content (AvgIpc) is 2.25. The van der Waals surface area contributed by atoms with Gasteiger partial charge in [-0.15, -0.1) is 11.8 Å². The zero-order valence-electron chi connectivity index (χ0n) is 8.62. The van der Waals surface area contributed by atoms with Crippen molar-refractivity contribution in [2.24, 2.45) is 0 Å². The SMILES string of the molecule is Cc1ccc(N[C@@H]2SCCNC2=O)cc1. The molecule has 0 aromatic heterocycles. The van der Waals surface area contributed by atoms with E-state index in [2.05, 4.69) is 10.6 Å². The van der Waals surface area contributed by atoms with Gasteiger partial charge in [0.25, 0.3) is 5.91 Å². The third kappa shape index (κ3) is 2.65. The summed E-state index contributed by atoms with van der Waals surface area (Å²) >= 11 is 1.65. The Balaban J connectivity index is 2.01. The molecule has 0 bridgehead atoms. The van der Waals surface area contributed by atoms with Gasteiger partial charge in [-0.2, -0.15) is 0 Å². The van der Waals surface area contributed by atoms with E-state index in [-0.39, 0.29) is 11.3 Å². The van der Waals surface area contributed by atoms with E-state index >= 15 is 0 Å². The zero-order chi connectivity index (χ0) is 10.7. The van der Waals surface area contributed by atoms with E-state index in [1.807, 2.05) is 31.2 Å². The van der Waals surface area contributed by atoms with Gasteiger partial charge < -0.3 is 10.6 Å². The third-order valence-electron chi connectivity index (χ3n) is 2.27. The molecule has 2 rings (SSSR count). The molecule has 1 fully saturated rings. The number of nitrogens with one attached hydrogen (secondary N) is 2. The van der Waals surface area contributed by atoms with Gasteiger partial charge in [-0.05, 0) is 19.1 Å². The van der Waals surface area contributed by atoms with Crippen molar-refractivity contribution in [1.29, 1.82) is 0 Å². The maximum absolute atomic E-state index is 11.5. The van der Waals surface area contributed by atoms with Crippen molar-refractivity contribution in [2.45, 2.75) is 12.3 Å². The van der Waals surface area contributed by atoms with E-state index in [4.69, 9.17) is 0 Å². The Labute approximate surface area is 93.6 Å². The summed E-state index contributed by atoms with van der Waals surface area (Å²) in [6.07, 6.45) is 0. The maximum atomic E-state index is 11.5. The van der Waals surface area contributed by atoms with Crippen molar-refractivity contribution >= 4 is 23.4 Å². The topological polar surface area (TPSA) is 41.1 Å². The molecule has 80 valence electrons. The monoisotopic (exact) mass is 222 g/mol. The van der Waals surface area contributed by atoms with Crippen LogP contribution in [-0.2, 0) is 4.79 Å². The van der Waals surface area contributed by atoms with Gasteiger partial charge >= 0.3 is 0 Å². The summed E-state index contributed by atoms with van der Waals surface area (Å²) in [7, 11) is 0. The number of hydrogen-bond donors (Lipinski definition) is 2. The van der Waals surface area contributed by atoms with Gasteiger partial charge in [0, 0.05) is 18.0 Å². The van der Waals surface area contributed by atoms with Crippen LogP contribution in [0.4, 0.5) is 5.69 Å². The summed E-state index contributed by atoms with van der Waals surface area (Å²) in [6, 6.07) is 8.07. The Hall–Kier alpha value is -1.16. The molecule has 0 radical (unpaired) electrons. The van der Waals surface area contributed by atoms with E-state index in [0.717, 1.165) is 18.0 Å². The highest BCUT2D eigenvalue weighted by molar-refractivity contribution is 8.00. The number of benzene rings is 1. The number of anilines is 1. The lowest BCUT2D eigenvalue weighted by Crippen LogP contribution is -2.43. The zero-order valence-corrected chi connectivity index (χ0v) is 9.43. The van der Waals surface area contributed by atoms with E-state index < -0.39 is 0 Å². The molecule has 0 unspecified atom stereocenters. The highest BCUT2D eigenvalue weighted by Gasteiger charge is 2.21. The van der Waals surface area contributed by atoms with Crippen LogP contribution in [0.5, 0.6) is 0 Å². The number of hydrogen-bond acceptors (Lipinski definition) is 3. The van der Waals surface area contributed by atoms with Crippen LogP contribution in [0.3, 0.4) is 0 Å². The normalized spacial score (nSPS) is 20.9. The largest absolute Gasteiger partial charge is 0.366 e. The summed E-state index contributed by atoms with van der Waals surface area (Å²) in [5.74, 6) is 1.04. The van der Waals surface area contributed by atoms with E-state index in [9.17, 15) is 4.79 Å². The number of thioether (sulfide) groups is 1. The minimum atomic E-state index is -0.151. The minimum absolute atomic E-state index is 0.0758. The van der Waals surface area contributed by atoms with Crippen molar-refractivity contribution in [2.75, 3.05) is 17.6 Å². The Morgan fingerprint density at radius 2 is 2.13 bits per heavy atom. The van der Waals surface area contributed by atoms with Gasteiger partial charge in [0.1, 0.15) is 0 Å². The fraction of sp³-hybridized carbons (Fsp3) is 0.364. The first kappa shape index (κ1) is 10.4. The predicted molar refractivity (Wildman–Crippen MR) is 64.1 cm³/mol. The highest BCUT2D eigenvalue weighted by atomic mass is 32.2. The van der Waals surface area contributed by atoms with Crippen molar-refractivity contribution in [1.82, 2.24) is 5.32 Å². The van der Waals surface area contributed by atoms with Gasteiger partial charge in [-0.1, -0.05) is 17.7 Å². The van der Waals surface area contributed by atoms with Crippen LogP contribution < -0.4 is 10.6 Å². The van der Waals surface area contributed by atoms with Crippen LogP contribution in [0.15, 0.2) is 24.3 Å². The van der Waals surface area contributed by atoms with Crippen LogP contribution in [0.2, 0.25) is 0 Å². The summed E-state index contributed by atoms with van der Waals surface area (Å²) < 4.78 is 0. The number of carbonyl (C=O) groups is 1. The Morgan fingerprint density at radius 3 is 2.80 bits per heavy atom. The summed E-state index contributed by atoms with van der Waals surface area (Å²) in [6.45, 7) is 2.82. The maximum Gasteiger partial charge on any atom is 0.253 e. The Bertz CT molecular complexity index is 350. The van der Waals surface area contributed by atoms with E-state index in [1.165, 1.54) is 5.56 Å². The van der Waals surface area contributed by atoms with Crippen LogP contribution in [0.1, 0.15) is 5.56 Å². The van der Waals surface area contributed by atoms with Gasteiger partial charge in [-0.25, -0.2) is 0 Å². The molecule has 0 spiro atoms. The molecule has 0 aliphatic carbocycles. The van der Waals surface area contributed by atoms with E-state index in [0.29, 0.717) is 0 Å². The van der Waals surface area contributed by atoms with Crippen molar-refractivity contribution in [3.8, 4) is 0 Å². The molecular weight excluding hydrogens is 208 g/mol. The van der Waals surface area contributed by atoms with Gasteiger partial charge in [0.15, 0.2) is 5.37 Å². The lowest BCUT2D eigenvalue weighted by atomic mass is 10.2. The predicted octanol–water partition coefficient (Wildman–Crippen LogP) is 1.60. The first-order valence-electron chi connectivity index (χ1n) is 4.98. The molecule has 3 nitrogen and oxygen atoms in total. The molecular formula is C11H14N2OS. The lowest BCUT2D eigenvalue weighted by molar-refractivity contribution is -0.120. The molecule has 1 heterocycles. The molecule has 1 aromatic rings. The summed E-state index contributed by atoms with van der Waals surface area (Å²) in [4.78, 5) is 11.5. The summed E-state index contributed by atoms with van der Waals surface area (Å²) in [5, 5.41) is 5.90. The van der Waals surface area contributed by atoms with Gasteiger partial charge in [-0.3, -0.25) is 4.79 Å². The number of amides is 1. The number of aryl methyl sites for hydroxylation is 1. The fourth-order valence-electron chi connectivity index (χ4n) is 1.43. The molecule has 1 aliphatic rings. The first-order valence-corrected chi connectivity index (χ1v) is 6.03. The highest BCUT2D eigenvalue weighted by Crippen LogP contribution is 2.18. The number of rotatable bonds is 2. The minimum Gasteiger partial charge on any atom is -0.366 e.